The molecule has 0 radical (unpaired) electrons. The average Bonchev–Trinajstić information content (AvgIpc) is 2.28. The molecular formula is C11H13BrClNOS. The second kappa shape index (κ2) is 5.52. The summed E-state index contributed by atoms with van der Waals surface area (Å²) in [5.41, 5.74) is 1.02. The zero-order valence-electron chi connectivity index (χ0n) is 8.71. The third-order valence-corrected chi connectivity index (χ3v) is 5.48. The molecule has 0 unspecified atom stereocenters. The van der Waals surface area contributed by atoms with Crippen LogP contribution in [0.4, 0.5) is 5.69 Å². The molecule has 0 atom stereocenters. The molecule has 88 valence electrons. The summed E-state index contributed by atoms with van der Waals surface area (Å²) in [5, 5.41) is 4.16. The topological polar surface area (TPSA) is 29.1 Å². The fraction of sp³-hybridized carbons (Fsp3) is 0.455. The molecule has 1 saturated heterocycles. The van der Waals surface area contributed by atoms with Gasteiger partial charge in [0, 0.05) is 28.3 Å². The van der Waals surface area contributed by atoms with Gasteiger partial charge in [-0.15, -0.1) is 0 Å². The normalized spacial score (nSPS) is 25.4. The summed E-state index contributed by atoms with van der Waals surface area (Å²) in [5.74, 6) is 1.60. The lowest BCUT2D eigenvalue weighted by Crippen LogP contribution is -2.29. The summed E-state index contributed by atoms with van der Waals surface area (Å²) in [4.78, 5) is 0. The minimum atomic E-state index is -0.606. The Balaban J connectivity index is 2.04. The van der Waals surface area contributed by atoms with Gasteiger partial charge >= 0.3 is 0 Å². The van der Waals surface area contributed by atoms with Gasteiger partial charge in [-0.25, -0.2) is 0 Å². The maximum absolute atomic E-state index is 11.2. The number of hydrogen-bond acceptors (Lipinski definition) is 2. The van der Waals surface area contributed by atoms with Gasteiger partial charge in [-0.3, -0.25) is 4.21 Å². The van der Waals surface area contributed by atoms with Crippen LogP contribution in [-0.2, 0) is 10.8 Å². The lowest BCUT2D eigenvalue weighted by Gasteiger charge is -2.24. The highest BCUT2D eigenvalue weighted by molar-refractivity contribution is 9.10. The van der Waals surface area contributed by atoms with Crippen molar-refractivity contribution in [1.29, 1.82) is 0 Å². The van der Waals surface area contributed by atoms with Gasteiger partial charge in [-0.2, -0.15) is 0 Å². The zero-order valence-corrected chi connectivity index (χ0v) is 11.9. The Morgan fingerprint density at radius 1 is 1.38 bits per heavy atom. The molecule has 0 amide bonds. The zero-order chi connectivity index (χ0) is 11.5. The number of halogens is 2. The van der Waals surface area contributed by atoms with E-state index in [2.05, 4.69) is 21.2 Å². The van der Waals surface area contributed by atoms with Crippen molar-refractivity contribution in [3.8, 4) is 0 Å². The largest absolute Gasteiger partial charge is 0.381 e. The van der Waals surface area contributed by atoms with Crippen LogP contribution in [0.3, 0.4) is 0 Å². The minimum absolute atomic E-state index is 0.410. The molecule has 0 saturated carbocycles. The van der Waals surface area contributed by atoms with Crippen molar-refractivity contribution in [2.24, 2.45) is 0 Å². The van der Waals surface area contributed by atoms with Gasteiger partial charge in [0.15, 0.2) is 0 Å². The standard InChI is InChI=1S/C11H13BrClNOS/c12-11-9(13)2-1-3-10(11)14-8-4-6-16(15)7-5-8/h1-3,8,14H,4-7H2. The van der Waals surface area contributed by atoms with Gasteiger partial charge in [-0.05, 0) is 40.9 Å². The third-order valence-electron chi connectivity index (χ3n) is 2.70. The molecule has 1 aliphatic heterocycles. The quantitative estimate of drug-likeness (QED) is 0.904. The van der Waals surface area contributed by atoms with Crippen LogP contribution < -0.4 is 5.32 Å². The Bertz CT molecular complexity index is 403. The van der Waals surface area contributed by atoms with Crippen molar-refractivity contribution in [3.63, 3.8) is 0 Å². The van der Waals surface area contributed by atoms with E-state index in [1.54, 1.807) is 0 Å². The summed E-state index contributed by atoms with van der Waals surface area (Å²) in [6.07, 6.45) is 1.93. The molecule has 1 N–H and O–H groups in total. The van der Waals surface area contributed by atoms with Crippen molar-refractivity contribution < 1.29 is 4.21 Å². The Morgan fingerprint density at radius 2 is 2.06 bits per heavy atom. The van der Waals surface area contributed by atoms with Crippen LogP contribution in [0.1, 0.15) is 12.8 Å². The first kappa shape index (κ1) is 12.4. The maximum atomic E-state index is 11.2. The van der Waals surface area contributed by atoms with Gasteiger partial charge in [0.1, 0.15) is 0 Å². The smallest absolute Gasteiger partial charge is 0.0593 e. The first-order chi connectivity index (χ1) is 7.66. The van der Waals surface area contributed by atoms with E-state index in [9.17, 15) is 4.21 Å². The molecule has 5 heteroatoms. The molecule has 2 rings (SSSR count). The van der Waals surface area contributed by atoms with E-state index >= 15 is 0 Å². The van der Waals surface area contributed by atoms with E-state index in [-0.39, 0.29) is 0 Å². The van der Waals surface area contributed by atoms with E-state index in [1.165, 1.54) is 0 Å². The fourth-order valence-electron chi connectivity index (χ4n) is 1.77. The second-order valence-electron chi connectivity index (χ2n) is 3.87. The minimum Gasteiger partial charge on any atom is -0.381 e. The van der Waals surface area contributed by atoms with Crippen LogP contribution in [-0.4, -0.2) is 21.8 Å². The van der Waals surface area contributed by atoms with E-state index in [4.69, 9.17) is 11.6 Å². The average molecular weight is 323 g/mol. The number of rotatable bonds is 2. The van der Waals surface area contributed by atoms with Gasteiger partial charge < -0.3 is 5.32 Å². The number of benzene rings is 1. The van der Waals surface area contributed by atoms with Crippen LogP contribution in [0.15, 0.2) is 22.7 Å². The summed E-state index contributed by atoms with van der Waals surface area (Å²) in [7, 11) is -0.606. The molecule has 0 aliphatic carbocycles. The number of nitrogens with one attached hydrogen (secondary N) is 1. The molecule has 0 bridgehead atoms. The van der Waals surface area contributed by atoms with E-state index < -0.39 is 10.8 Å². The molecule has 1 aromatic carbocycles. The highest BCUT2D eigenvalue weighted by atomic mass is 79.9. The Kier molecular flexibility index (Phi) is 4.27. The SMILES string of the molecule is O=S1CCC(Nc2cccc(Cl)c2Br)CC1. The molecule has 1 fully saturated rings. The van der Waals surface area contributed by atoms with Crippen LogP contribution in [0.25, 0.3) is 0 Å². The molecular weight excluding hydrogens is 310 g/mol. The van der Waals surface area contributed by atoms with Crippen molar-refractivity contribution in [2.45, 2.75) is 18.9 Å². The Hall–Kier alpha value is -0.0600. The predicted octanol–water partition coefficient (Wildman–Crippen LogP) is 3.43. The summed E-state index contributed by atoms with van der Waals surface area (Å²) >= 11 is 9.48. The third kappa shape index (κ3) is 2.99. The highest BCUT2D eigenvalue weighted by Crippen LogP contribution is 2.31. The van der Waals surface area contributed by atoms with Gasteiger partial charge in [-0.1, -0.05) is 17.7 Å². The molecule has 1 aromatic rings. The van der Waals surface area contributed by atoms with Gasteiger partial charge in [0.05, 0.1) is 15.2 Å². The van der Waals surface area contributed by atoms with Crippen LogP contribution in [0, 0.1) is 0 Å². The molecule has 1 aliphatic rings. The first-order valence-corrected chi connectivity index (χ1v) is 7.88. The van der Waals surface area contributed by atoms with Gasteiger partial charge in [0.2, 0.25) is 0 Å². The van der Waals surface area contributed by atoms with E-state index in [0.29, 0.717) is 11.1 Å². The molecule has 0 spiro atoms. The number of hydrogen-bond donors (Lipinski definition) is 1. The Labute approximate surface area is 111 Å². The molecule has 2 nitrogen and oxygen atoms in total. The summed E-state index contributed by atoms with van der Waals surface area (Å²) in [6, 6.07) is 6.19. The monoisotopic (exact) mass is 321 g/mol. The molecule has 1 heterocycles. The first-order valence-electron chi connectivity index (χ1n) is 5.22. The van der Waals surface area contributed by atoms with E-state index in [0.717, 1.165) is 34.5 Å². The number of anilines is 1. The molecule has 0 aromatic heterocycles. The van der Waals surface area contributed by atoms with Crippen molar-refractivity contribution >= 4 is 44.0 Å². The maximum Gasteiger partial charge on any atom is 0.0593 e. The lowest BCUT2D eigenvalue weighted by atomic mass is 10.1. The summed E-state index contributed by atoms with van der Waals surface area (Å²) < 4.78 is 12.1. The van der Waals surface area contributed by atoms with Crippen molar-refractivity contribution in [3.05, 3.63) is 27.7 Å². The van der Waals surface area contributed by atoms with Crippen LogP contribution >= 0.6 is 27.5 Å². The summed E-state index contributed by atoms with van der Waals surface area (Å²) in [6.45, 7) is 0. The van der Waals surface area contributed by atoms with E-state index in [1.807, 2.05) is 18.2 Å². The second-order valence-corrected chi connectivity index (χ2v) is 6.76. The molecule has 16 heavy (non-hydrogen) atoms. The Morgan fingerprint density at radius 3 is 2.75 bits per heavy atom. The predicted molar refractivity (Wildman–Crippen MR) is 73.7 cm³/mol. The van der Waals surface area contributed by atoms with Crippen molar-refractivity contribution in [2.75, 3.05) is 16.8 Å². The highest BCUT2D eigenvalue weighted by Gasteiger charge is 2.18. The van der Waals surface area contributed by atoms with Crippen LogP contribution in [0.5, 0.6) is 0 Å². The van der Waals surface area contributed by atoms with Crippen LogP contribution in [0.2, 0.25) is 5.02 Å². The van der Waals surface area contributed by atoms with Crippen molar-refractivity contribution in [1.82, 2.24) is 0 Å². The van der Waals surface area contributed by atoms with Gasteiger partial charge in [0.25, 0.3) is 0 Å². The lowest BCUT2D eigenvalue weighted by molar-refractivity contribution is 0.624. The fourth-order valence-corrected chi connectivity index (χ4v) is 3.63.